The second kappa shape index (κ2) is 29.3. The summed E-state index contributed by atoms with van der Waals surface area (Å²) in [6.07, 6.45) is 25.8. The third kappa shape index (κ3) is 13.1. The Kier molecular flexibility index (Phi) is 21.0. The minimum Gasteiger partial charge on any atom is -0.393 e. The molecule has 0 spiro atoms. The summed E-state index contributed by atoms with van der Waals surface area (Å²) in [7, 11) is 0. The van der Waals surface area contributed by atoms with Gasteiger partial charge in [0, 0.05) is 42.2 Å². The predicted molar refractivity (Wildman–Crippen MR) is 425 cm³/mol. The highest BCUT2D eigenvalue weighted by Crippen LogP contribution is 2.80. The van der Waals surface area contributed by atoms with Crippen LogP contribution in [0.15, 0.2) is 109 Å². The number of amides is 4. The van der Waals surface area contributed by atoms with E-state index in [2.05, 4.69) is 154 Å². The van der Waals surface area contributed by atoms with E-state index in [9.17, 15) is 29.4 Å². The zero-order valence-electron chi connectivity index (χ0n) is 67.5. The molecule has 4 amide bonds. The monoisotopic (exact) mass is 1480 g/mol. The summed E-state index contributed by atoms with van der Waals surface area (Å²) in [6, 6.07) is 24.5. The van der Waals surface area contributed by atoms with E-state index in [0.29, 0.717) is 120 Å². The number of aliphatic hydroxyl groups excluding tert-OH is 2. The molecule has 10 fully saturated rings. The number of H-pyrrole nitrogens is 1. The molecule has 3 aromatic heterocycles. The number of hydrogen-bond acceptors (Lipinski definition) is 12. The van der Waals surface area contributed by atoms with E-state index in [0.717, 1.165) is 99.4 Å². The number of aromatic nitrogens is 6. The Balaban J connectivity index is 0.000000182. The van der Waals surface area contributed by atoms with Gasteiger partial charge in [-0.05, 0) is 322 Å². The minimum absolute atomic E-state index is 0.0546. The summed E-state index contributed by atoms with van der Waals surface area (Å²) >= 11 is 0. The Morgan fingerprint density at radius 2 is 0.972 bits per heavy atom. The van der Waals surface area contributed by atoms with Crippen molar-refractivity contribution in [2.45, 2.75) is 250 Å². The molecule has 10 aliphatic rings. The number of aromatic amines is 1. The van der Waals surface area contributed by atoms with Crippen LogP contribution in [-0.2, 0) is 35.5 Å². The number of pyridine rings is 2. The fourth-order valence-electron chi connectivity index (χ4n) is 27.9. The maximum Gasteiger partial charge on any atom is 0.251 e. The highest BCUT2D eigenvalue weighted by molar-refractivity contribution is 5.95. The van der Waals surface area contributed by atoms with Crippen molar-refractivity contribution in [3.8, 4) is 17.5 Å². The molecule has 3 heterocycles. The first-order valence-electron chi connectivity index (χ1n) is 41.8. The number of tetrazole rings is 1. The van der Waals surface area contributed by atoms with Crippen molar-refractivity contribution >= 4 is 23.6 Å². The average Bonchev–Trinajstić information content (AvgIpc) is 1.64. The molecular weight excluding hydrogens is 1360 g/mol. The molecule has 0 aliphatic heterocycles. The number of rotatable bonds is 17. The van der Waals surface area contributed by atoms with Gasteiger partial charge in [-0.15, -0.1) is 10.2 Å². The lowest BCUT2D eigenvalue weighted by Gasteiger charge is -2.72. The largest absolute Gasteiger partial charge is 0.393 e. The van der Waals surface area contributed by atoms with Gasteiger partial charge in [0.2, 0.25) is 17.6 Å². The third-order valence-electron chi connectivity index (χ3n) is 34.0. The van der Waals surface area contributed by atoms with Gasteiger partial charge in [-0.1, -0.05) is 118 Å². The number of allylic oxidation sites excluding steroid dienone is 2. The fraction of sp³-hybridized carbons (Fsp3) is 0.652. The Bertz CT molecular complexity index is 4300. The maximum atomic E-state index is 14.7. The lowest BCUT2D eigenvalue weighted by Crippen LogP contribution is -2.67. The summed E-state index contributed by atoms with van der Waals surface area (Å²) in [5, 5.41) is 58.0. The molecule has 0 radical (unpaired) electrons. The first kappa shape index (κ1) is 78.3. The standard InChI is InChI=1S/C46H63N7O3.C46H62N4O3/c1-28(2)33-15-21-46(23-22-44(6)34(38(33)46)13-14-36-43(5)19-17-37(54)42(3,4)35(43)16-20-45(36,44)7)41(56)47-24-18-29-9-8-10-30(25-29)40(55)49-27-32-12-11-31(26-48-32)39-50-52-53-51-39;1-29(2)34-15-21-46(41(53)48-24-18-30-9-8-10-32(25-30)40(52)50-28-33-12-11-31(26-47)27-49-33)23-22-44(6)35(39(34)46)13-14-37-43(5)19-17-38(51)42(3,4)36(43)16-20-45(37,44)7/h8-12,25-26,33-38,54H,1,13-24,27H2,2-7H3,(H,47,56)(H,49,55)(H,50,51,52,53);8-12,25,27,34-39,51H,1,13-24,28H2,2-7H3,(H,48,53)(H,50,52)/t33-,34?,35?,36?,37-,38?,43-,44+,45+,46-;34-,35?,36?,37?,38-,39?,43-,44+,45+,46-/m00/s1. The van der Waals surface area contributed by atoms with Gasteiger partial charge in [0.25, 0.3) is 11.8 Å². The highest BCUT2D eigenvalue weighted by Gasteiger charge is 2.74. The van der Waals surface area contributed by atoms with Crippen molar-refractivity contribution in [2.75, 3.05) is 13.1 Å². The quantitative estimate of drug-likeness (QED) is 0.0429. The van der Waals surface area contributed by atoms with E-state index >= 15 is 0 Å². The number of fused-ring (bicyclic) bond motifs is 14. The second-order valence-electron chi connectivity index (χ2n) is 39.1. The van der Waals surface area contributed by atoms with E-state index in [1.54, 1.807) is 18.3 Å². The van der Waals surface area contributed by atoms with Crippen molar-refractivity contribution in [3.05, 3.63) is 149 Å². The van der Waals surface area contributed by atoms with Crippen LogP contribution in [0.1, 0.15) is 260 Å². The average molecular weight is 1480 g/mol. The topological polar surface area (TPSA) is 261 Å². The molecule has 20 atom stereocenters. The summed E-state index contributed by atoms with van der Waals surface area (Å²) < 4.78 is 0. The molecule has 7 N–H and O–H groups in total. The predicted octanol–water partition coefficient (Wildman–Crippen LogP) is 16.4. The van der Waals surface area contributed by atoms with E-state index in [1.807, 2.05) is 60.7 Å². The second-order valence-corrected chi connectivity index (χ2v) is 39.1. The van der Waals surface area contributed by atoms with Crippen LogP contribution in [0.25, 0.3) is 11.4 Å². The van der Waals surface area contributed by atoms with Crippen LogP contribution in [0.4, 0.5) is 0 Å². The fourth-order valence-corrected chi connectivity index (χ4v) is 27.9. The van der Waals surface area contributed by atoms with Crippen LogP contribution in [0, 0.1) is 125 Å². The first-order valence-corrected chi connectivity index (χ1v) is 41.8. The van der Waals surface area contributed by atoms with Gasteiger partial charge in [-0.2, -0.15) is 10.5 Å². The minimum atomic E-state index is -0.367. The van der Waals surface area contributed by atoms with Crippen LogP contribution in [0.5, 0.6) is 0 Å². The number of carbonyl (C=O) groups excluding carboxylic acids is 4. The molecule has 8 unspecified atom stereocenters. The van der Waals surface area contributed by atoms with Crippen molar-refractivity contribution in [3.63, 3.8) is 0 Å². The summed E-state index contributed by atoms with van der Waals surface area (Å²) in [5.41, 5.74) is 8.69. The lowest BCUT2D eigenvalue weighted by molar-refractivity contribution is -0.246. The molecule has 0 bridgehead atoms. The molecule has 0 saturated heterocycles. The molecule has 10 saturated carbocycles. The summed E-state index contributed by atoms with van der Waals surface area (Å²) in [5.74, 6) is 5.27. The Hall–Kier alpha value is -7.42. The van der Waals surface area contributed by atoms with Crippen LogP contribution in [-0.4, -0.2) is 89.7 Å². The Morgan fingerprint density at radius 3 is 1.38 bits per heavy atom. The zero-order valence-corrected chi connectivity index (χ0v) is 67.5. The molecule has 109 heavy (non-hydrogen) atoms. The van der Waals surface area contributed by atoms with Crippen LogP contribution < -0.4 is 21.3 Å². The lowest BCUT2D eigenvalue weighted by atomic mass is 9.32. The maximum absolute atomic E-state index is 14.7. The van der Waals surface area contributed by atoms with E-state index in [-0.39, 0.29) is 96.5 Å². The van der Waals surface area contributed by atoms with E-state index in [4.69, 9.17) is 5.26 Å². The van der Waals surface area contributed by atoms with E-state index < -0.39 is 0 Å². The van der Waals surface area contributed by atoms with Crippen molar-refractivity contribution < 1.29 is 29.4 Å². The summed E-state index contributed by atoms with van der Waals surface area (Å²) in [4.78, 5) is 64.1. The number of carbonyl (C=O) groups is 4. The van der Waals surface area contributed by atoms with Gasteiger partial charge >= 0.3 is 0 Å². The van der Waals surface area contributed by atoms with Crippen LogP contribution in [0.3, 0.4) is 0 Å². The Morgan fingerprint density at radius 1 is 0.514 bits per heavy atom. The summed E-state index contributed by atoms with van der Waals surface area (Å²) in [6.45, 7) is 40.1. The van der Waals surface area contributed by atoms with Crippen LogP contribution >= 0.6 is 0 Å². The highest BCUT2D eigenvalue weighted by atomic mass is 16.3. The number of nitrogens with one attached hydrogen (secondary N) is 5. The number of nitrogens with zero attached hydrogens (tertiary/aromatic N) is 6. The van der Waals surface area contributed by atoms with Crippen molar-refractivity contribution in [1.82, 2.24) is 51.9 Å². The van der Waals surface area contributed by atoms with E-state index in [1.165, 1.54) is 68.7 Å². The molecule has 2 aromatic carbocycles. The smallest absolute Gasteiger partial charge is 0.251 e. The molecule has 5 aromatic rings. The van der Waals surface area contributed by atoms with Gasteiger partial charge in [0.15, 0.2) is 0 Å². The number of aliphatic hydroxyl groups is 2. The number of hydrogen-bond donors (Lipinski definition) is 7. The molecule has 17 nitrogen and oxygen atoms in total. The molecule has 17 heteroatoms. The zero-order chi connectivity index (χ0) is 77.7. The number of benzene rings is 2. The Labute approximate surface area is 648 Å². The van der Waals surface area contributed by atoms with Gasteiger partial charge in [-0.25, -0.2) is 0 Å². The molecule has 10 aliphatic carbocycles. The molecule has 15 rings (SSSR count). The van der Waals surface area contributed by atoms with Gasteiger partial charge in [0.1, 0.15) is 6.07 Å². The normalized spacial score (nSPS) is 37.6. The van der Waals surface area contributed by atoms with Crippen molar-refractivity contribution in [1.29, 1.82) is 5.26 Å². The van der Waals surface area contributed by atoms with Gasteiger partial charge in [-0.3, -0.25) is 29.1 Å². The van der Waals surface area contributed by atoms with Crippen molar-refractivity contribution in [2.24, 2.45) is 113 Å². The third-order valence-corrected chi connectivity index (χ3v) is 34.0. The van der Waals surface area contributed by atoms with Gasteiger partial charge < -0.3 is 31.5 Å². The first-order chi connectivity index (χ1) is 51.7. The van der Waals surface area contributed by atoms with Gasteiger partial charge in [0.05, 0.1) is 53.1 Å². The molecular formula is C92H125N11O6. The molecule has 584 valence electrons. The SMILES string of the molecule is C=C(C)[C@@H]1CC[C@]2(C(=O)NCCc3cccc(C(=O)NCc4ccc(-c5nn[nH]n5)cn4)c3)CC[C@]3(C)C(CCC4[C@@]5(C)CC[C@H](O)C(C)(C)C5CC[C@]43C)C12.C=C(C)[C@@H]1CC[C@]2(C(=O)NCCc3cccc(C(=O)NCc4ccc(C#N)cn4)c3)CC[C@]3(C)C(CCC4[C@@]5(C)CC[C@H](O)C(C)(C)C5CC[C@]43C)C12. The number of nitriles is 1. The van der Waals surface area contributed by atoms with Crippen LogP contribution in [0.2, 0.25) is 0 Å².